The summed E-state index contributed by atoms with van der Waals surface area (Å²) in [7, 11) is 0. The van der Waals surface area contributed by atoms with Crippen molar-refractivity contribution < 1.29 is 9.59 Å². The van der Waals surface area contributed by atoms with Gasteiger partial charge in [-0.2, -0.15) is 11.8 Å². The van der Waals surface area contributed by atoms with E-state index < -0.39 is 0 Å². The predicted molar refractivity (Wildman–Crippen MR) is 77.0 cm³/mol. The Hall–Kier alpha value is -1.49. The average Bonchev–Trinajstić information content (AvgIpc) is 2.31. The molecule has 0 fully saturated rings. The number of anilines is 2. The highest BCUT2D eigenvalue weighted by molar-refractivity contribution is 7.99. The summed E-state index contributed by atoms with van der Waals surface area (Å²) in [5.41, 5.74) is 1.47. The molecule has 0 saturated carbocycles. The zero-order valence-electron chi connectivity index (χ0n) is 10.7. The van der Waals surface area contributed by atoms with E-state index in [1.807, 2.05) is 0 Å². The maximum atomic E-state index is 11.6. The van der Waals surface area contributed by atoms with Crippen LogP contribution in [0.25, 0.3) is 0 Å². The fraction of sp³-hybridized carbons (Fsp3) is 0.385. The van der Waals surface area contributed by atoms with Crippen LogP contribution in [0.2, 0.25) is 0 Å². The van der Waals surface area contributed by atoms with Gasteiger partial charge >= 0.3 is 0 Å². The Morgan fingerprint density at radius 2 is 1.67 bits per heavy atom. The molecule has 0 saturated heterocycles. The molecular formula is C13H18N2O2S. The summed E-state index contributed by atoms with van der Waals surface area (Å²) in [6.07, 6.45) is 0.520. The molecule has 0 aliphatic rings. The van der Waals surface area contributed by atoms with Gasteiger partial charge in [-0.1, -0.05) is 6.92 Å². The van der Waals surface area contributed by atoms with E-state index in [0.29, 0.717) is 6.42 Å². The van der Waals surface area contributed by atoms with Gasteiger partial charge < -0.3 is 10.6 Å². The van der Waals surface area contributed by atoms with Gasteiger partial charge in [-0.15, -0.1) is 0 Å². The Labute approximate surface area is 112 Å². The normalized spacial score (nSPS) is 9.89. The SMILES string of the molecule is CCSCCC(=O)Nc1ccc(NC(C)=O)cc1. The maximum Gasteiger partial charge on any atom is 0.225 e. The van der Waals surface area contributed by atoms with Crippen LogP contribution in [0, 0.1) is 0 Å². The fourth-order valence-electron chi connectivity index (χ4n) is 1.37. The van der Waals surface area contributed by atoms with Crippen molar-refractivity contribution in [2.75, 3.05) is 22.1 Å². The highest BCUT2D eigenvalue weighted by atomic mass is 32.2. The third-order valence-electron chi connectivity index (χ3n) is 2.17. The topological polar surface area (TPSA) is 58.2 Å². The summed E-state index contributed by atoms with van der Waals surface area (Å²) >= 11 is 1.75. The van der Waals surface area contributed by atoms with Gasteiger partial charge in [0.25, 0.3) is 0 Å². The van der Waals surface area contributed by atoms with Gasteiger partial charge in [-0.3, -0.25) is 9.59 Å². The van der Waals surface area contributed by atoms with Gasteiger partial charge in [0.2, 0.25) is 11.8 Å². The van der Waals surface area contributed by atoms with E-state index in [1.165, 1.54) is 6.92 Å². The minimum Gasteiger partial charge on any atom is -0.326 e. The van der Waals surface area contributed by atoms with Crippen LogP contribution in [0.1, 0.15) is 20.3 Å². The molecule has 5 heteroatoms. The summed E-state index contributed by atoms with van der Waals surface area (Å²) in [4.78, 5) is 22.4. The second kappa shape index (κ2) is 7.76. The molecule has 98 valence electrons. The Bertz CT molecular complexity index is 404. The van der Waals surface area contributed by atoms with Crippen LogP contribution in [-0.2, 0) is 9.59 Å². The first-order valence-electron chi connectivity index (χ1n) is 5.87. The Morgan fingerprint density at radius 3 is 2.17 bits per heavy atom. The summed E-state index contributed by atoms with van der Waals surface area (Å²) in [6.45, 7) is 3.53. The molecule has 1 aromatic carbocycles. The summed E-state index contributed by atoms with van der Waals surface area (Å²) in [5.74, 6) is 1.77. The lowest BCUT2D eigenvalue weighted by molar-refractivity contribution is -0.116. The first kappa shape index (κ1) is 14.6. The van der Waals surface area contributed by atoms with E-state index in [9.17, 15) is 9.59 Å². The lowest BCUT2D eigenvalue weighted by Gasteiger charge is -2.06. The number of amides is 2. The molecule has 2 N–H and O–H groups in total. The minimum absolute atomic E-state index is 0.0169. The standard InChI is InChI=1S/C13H18N2O2S/c1-3-18-9-8-13(17)15-12-6-4-11(5-7-12)14-10(2)16/h4-7H,3,8-9H2,1-2H3,(H,14,16)(H,15,17). The van der Waals surface area contributed by atoms with Gasteiger partial charge in [0.05, 0.1) is 0 Å². The van der Waals surface area contributed by atoms with Gasteiger partial charge in [0.15, 0.2) is 0 Å². The van der Waals surface area contributed by atoms with Gasteiger partial charge in [-0.25, -0.2) is 0 Å². The molecule has 0 heterocycles. The van der Waals surface area contributed by atoms with E-state index in [4.69, 9.17) is 0 Å². The Kier molecular flexibility index (Phi) is 6.28. The number of thioether (sulfide) groups is 1. The van der Waals surface area contributed by atoms with E-state index in [1.54, 1.807) is 36.0 Å². The van der Waals surface area contributed by atoms with Gasteiger partial charge in [0.1, 0.15) is 0 Å². The molecule has 2 amide bonds. The van der Waals surface area contributed by atoms with Crippen LogP contribution in [-0.4, -0.2) is 23.3 Å². The van der Waals surface area contributed by atoms with Crippen LogP contribution in [0.15, 0.2) is 24.3 Å². The number of hydrogen-bond donors (Lipinski definition) is 2. The van der Waals surface area contributed by atoms with Crippen molar-refractivity contribution in [1.29, 1.82) is 0 Å². The molecule has 0 atom stereocenters. The molecular weight excluding hydrogens is 248 g/mol. The van der Waals surface area contributed by atoms with Gasteiger partial charge in [0, 0.05) is 30.5 Å². The number of nitrogens with one attached hydrogen (secondary N) is 2. The third-order valence-corrected chi connectivity index (χ3v) is 3.07. The highest BCUT2D eigenvalue weighted by Crippen LogP contribution is 2.14. The van der Waals surface area contributed by atoms with Gasteiger partial charge in [-0.05, 0) is 30.0 Å². The van der Waals surface area contributed by atoms with Crippen molar-refractivity contribution in [3.63, 3.8) is 0 Å². The van der Waals surface area contributed by atoms with E-state index in [0.717, 1.165) is 22.9 Å². The average molecular weight is 266 g/mol. The smallest absolute Gasteiger partial charge is 0.225 e. The zero-order chi connectivity index (χ0) is 13.4. The molecule has 4 nitrogen and oxygen atoms in total. The predicted octanol–water partition coefficient (Wildman–Crippen LogP) is 2.73. The zero-order valence-corrected chi connectivity index (χ0v) is 11.5. The summed E-state index contributed by atoms with van der Waals surface area (Å²) < 4.78 is 0. The van der Waals surface area contributed by atoms with Crippen LogP contribution in [0.5, 0.6) is 0 Å². The quantitative estimate of drug-likeness (QED) is 0.778. The Morgan fingerprint density at radius 1 is 1.11 bits per heavy atom. The second-order valence-electron chi connectivity index (χ2n) is 3.75. The number of benzene rings is 1. The molecule has 18 heavy (non-hydrogen) atoms. The highest BCUT2D eigenvalue weighted by Gasteiger charge is 2.02. The van der Waals surface area contributed by atoms with E-state index in [2.05, 4.69) is 17.6 Å². The molecule has 0 spiro atoms. The first-order chi connectivity index (χ1) is 8.61. The molecule has 0 aromatic heterocycles. The first-order valence-corrected chi connectivity index (χ1v) is 7.02. The van der Waals surface area contributed by atoms with Crippen LogP contribution in [0.4, 0.5) is 11.4 Å². The molecule has 0 bridgehead atoms. The molecule has 1 rings (SSSR count). The lowest BCUT2D eigenvalue weighted by atomic mass is 10.2. The summed E-state index contributed by atoms with van der Waals surface area (Å²) in [5, 5.41) is 5.49. The van der Waals surface area contributed by atoms with Crippen molar-refractivity contribution in [3.8, 4) is 0 Å². The fourth-order valence-corrected chi connectivity index (χ4v) is 1.99. The van der Waals surface area contributed by atoms with Crippen molar-refractivity contribution in [3.05, 3.63) is 24.3 Å². The number of rotatable bonds is 6. The number of carbonyl (C=O) groups is 2. The Balaban J connectivity index is 2.43. The molecule has 1 aromatic rings. The number of hydrogen-bond acceptors (Lipinski definition) is 3. The molecule has 0 aliphatic heterocycles. The molecule has 0 unspecified atom stereocenters. The van der Waals surface area contributed by atoms with Crippen LogP contribution >= 0.6 is 11.8 Å². The van der Waals surface area contributed by atoms with E-state index >= 15 is 0 Å². The molecule has 0 aliphatic carbocycles. The third kappa shape index (κ3) is 5.72. The van der Waals surface area contributed by atoms with Crippen molar-refractivity contribution in [2.45, 2.75) is 20.3 Å². The second-order valence-corrected chi connectivity index (χ2v) is 5.15. The van der Waals surface area contributed by atoms with Crippen LogP contribution < -0.4 is 10.6 Å². The maximum absolute atomic E-state index is 11.6. The van der Waals surface area contributed by atoms with Crippen molar-refractivity contribution in [2.24, 2.45) is 0 Å². The monoisotopic (exact) mass is 266 g/mol. The summed E-state index contributed by atoms with van der Waals surface area (Å²) in [6, 6.07) is 7.07. The largest absolute Gasteiger partial charge is 0.326 e. The molecule has 0 radical (unpaired) electrons. The minimum atomic E-state index is -0.108. The van der Waals surface area contributed by atoms with Crippen molar-refractivity contribution >= 4 is 35.0 Å². The lowest BCUT2D eigenvalue weighted by Crippen LogP contribution is -2.12. The van der Waals surface area contributed by atoms with Crippen molar-refractivity contribution in [1.82, 2.24) is 0 Å². The number of carbonyl (C=O) groups excluding carboxylic acids is 2. The van der Waals surface area contributed by atoms with E-state index in [-0.39, 0.29) is 11.8 Å². The van der Waals surface area contributed by atoms with Crippen LogP contribution in [0.3, 0.4) is 0 Å².